The summed E-state index contributed by atoms with van der Waals surface area (Å²) >= 11 is 2.08. The Bertz CT molecular complexity index is 785. The van der Waals surface area contributed by atoms with Gasteiger partial charge in [-0.3, -0.25) is 0 Å². The first-order chi connectivity index (χ1) is 16.2. The van der Waals surface area contributed by atoms with Crippen molar-refractivity contribution >= 4 is 15.9 Å². The third-order valence-electron chi connectivity index (χ3n) is 9.36. The third kappa shape index (κ3) is 6.48. The molecular formula is C29H39BrF4. The molecule has 5 heteroatoms. The highest BCUT2D eigenvalue weighted by atomic mass is 79.9. The molecule has 0 atom stereocenters. The lowest BCUT2D eigenvalue weighted by atomic mass is 9.67. The van der Waals surface area contributed by atoms with Crippen molar-refractivity contribution in [2.24, 2.45) is 29.6 Å². The summed E-state index contributed by atoms with van der Waals surface area (Å²) in [4.78, 5) is -3.69. The van der Waals surface area contributed by atoms with Crippen molar-refractivity contribution in [3.8, 4) is 0 Å². The molecule has 3 fully saturated rings. The lowest BCUT2D eigenvalue weighted by Gasteiger charge is -2.38. The van der Waals surface area contributed by atoms with Gasteiger partial charge < -0.3 is 0 Å². The average molecular weight is 544 g/mol. The molecule has 0 spiro atoms. The Morgan fingerprint density at radius 1 is 0.765 bits per heavy atom. The molecule has 0 nitrogen and oxygen atoms in total. The molecule has 3 aliphatic rings. The van der Waals surface area contributed by atoms with Gasteiger partial charge in [0, 0.05) is 0 Å². The Morgan fingerprint density at radius 2 is 1.21 bits per heavy atom. The normalized spacial score (nSPS) is 33.0. The van der Waals surface area contributed by atoms with Crippen LogP contribution >= 0.6 is 15.9 Å². The second-order valence-electron chi connectivity index (χ2n) is 11.3. The van der Waals surface area contributed by atoms with E-state index in [9.17, 15) is 17.6 Å². The molecule has 1 aromatic carbocycles. The minimum Gasteiger partial charge on any atom is -0.206 e. The maximum Gasteiger partial charge on any atom is 0.332 e. The van der Waals surface area contributed by atoms with Crippen molar-refractivity contribution in [1.82, 2.24) is 0 Å². The van der Waals surface area contributed by atoms with Crippen molar-refractivity contribution in [3.63, 3.8) is 0 Å². The van der Waals surface area contributed by atoms with Crippen LogP contribution < -0.4 is 0 Å². The molecule has 0 heterocycles. The van der Waals surface area contributed by atoms with Crippen LogP contribution in [0.1, 0.15) is 107 Å². The molecule has 4 rings (SSSR count). The maximum absolute atomic E-state index is 14.2. The van der Waals surface area contributed by atoms with Crippen molar-refractivity contribution < 1.29 is 17.6 Å². The average Bonchev–Trinajstić information content (AvgIpc) is 2.82. The van der Waals surface area contributed by atoms with Gasteiger partial charge in [-0.1, -0.05) is 31.8 Å². The van der Waals surface area contributed by atoms with E-state index >= 15 is 0 Å². The second kappa shape index (κ2) is 11.5. The summed E-state index contributed by atoms with van der Waals surface area (Å²) in [7, 11) is 0. The van der Waals surface area contributed by atoms with Crippen LogP contribution in [0.5, 0.6) is 0 Å². The van der Waals surface area contributed by atoms with Crippen molar-refractivity contribution in [2.45, 2.75) is 101 Å². The second-order valence-corrected chi connectivity index (χ2v) is 12.3. The molecule has 0 amide bonds. The molecule has 0 radical (unpaired) electrons. The predicted octanol–water partition coefficient (Wildman–Crippen LogP) is 10.3. The summed E-state index contributed by atoms with van der Waals surface area (Å²) in [5.41, 5.74) is -0.661. The summed E-state index contributed by atoms with van der Waals surface area (Å²) in [6, 6.07) is 2.24. The highest BCUT2D eigenvalue weighted by Crippen LogP contribution is 2.46. The minimum absolute atomic E-state index is 0.0609. The molecular weight excluding hydrogens is 504 g/mol. The van der Waals surface area contributed by atoms with Gasteiger partial charge in [-0.05, 0) is 133 Å². The first kappa shape index (κ1) is 26.2. The number of benzene rings is 1. The summed E-state index contributed by atoms with van der Waals surface area (Å²) in [5.74, 6) is 1.78. The number of rotatable bonds is 7. The molecule has 1 aromatic rings. The van der Waals surface area contributed by atoms with E-state index in [-0.39, 0.29) is 5.92 Å². The summed E-state index contributed by atoms with van der Waals surface area (Å²) < 4.78 is 55.3. The number of halogens is 5. The van der Waals surface area contributed by atoms with Crippen LogP contribution in [0.2, 0.25) is 0 Å². The van der Waals surface area contributed by atoms with Crippen molar-refractivity contribution in [2.75, 3.05) is 0 Å². The van der Waals surface area contributed by atoms with Gasteiger partial charge in [0.25, 0.3) is 0 Å². The molecule has 3 aliphatic carbocycles. The lowest BCUT2D eigenvalue weighted by molar-refractivity contribution is 0.105. The lowest BCUT2D eigenvalue weighted by Crippen LogP contribution is -2.26. The molecule has 0 bridgehead atoms. The molecule has 190 valence electrons. The van der Waals surface area contributed by atoms with Crippen LogP contribution in [-0.4, -0.2) is 0 Å². The fraction of sp³-hybridized carbons (Fsp3) is 0.724. The Labute approximate surface area is 211 Å². The van der Waals surface area contributed by atoms with E-state index in [1.165, 1.54) is 64.2 Å². The van der Waals surface area contributed by atoms with Crippen LogP contribution in [0.25, 0.3) is 0 Å². The standard InChI is InChI=1S/C29H39BrF4/c1-2-19-3-5-20(6-4-19)7-8-21-9-11-22(12-10-21)23-13-15-24(16-14-23)25-17-26(31)28(27(32)18-25)29(30,33)34/h2,17-24H,1,3-16H2. The number of hydrogen-bond acceptors (Lipinski definition) is 0. The quantitative estimate of drug-likeness (QED) is 0.182. The van der Waals surface area contributed by atoms with E-state index in [1.807, 2.05) is 0 Å². The molecule has 0 aromatic heterocycles. The van der Waals surface area contributed by atoms with Gasteiger partial charge in [-0.15, -0.1) is 6.58 Å². The van der Waals surface area contributed by atoms with Crippen molar-refractivity contribution in [3.05, 3.63) is 47.5 Å². The number of alkyl halides is 3. The predicted molar refractivity (Wildman–Crippen MR) is 134 cm³/mol. The SMILES string of the molecule is C=CC1CCC(CCC2CCC(C3CCC(c4cc(F)c(C(F)(F)Br)c(F)c4)CC3)CC2)CC1. The monoisotopic (exact) mass is 542 g/mol. The van der Waals surface area contributed by atoms with Crippen molar-refractivity contribution in [1.29, 1.82) is 0 Å². The van der Waals surface area contributed by atoms with Crippen LogP contribution in [0, 0.1) is 41.2 Å². The third-order valence-corrected chi connectivity index (χ3v) is 9.75. The molecule has 0 saturated heterocycles. The molecule has 0 N–H and O–H groups in total. The zero-order valence-electron chi connectivity index (χ0n) is 20.2. The fourth-order valence-corrected chi connectivity index (χ4v) is 7.53. The molecule has 34 heavy (non-hydrogen) atoms. The molecule has 3 saturated carbocycles. The Balaban J connectivity index is 1.20. The van der Waals surface area contributed by atoms with E-state index in [0.29, 0.717) is 11.5 Å². The number of hydrogen-bond donors (Lipinski definition) is 0. The largest absolute Gasteiger partial charge is 0.332 e. The zero-order valence-corrected chi connectivity index (χ0v) is 21.8. The van der Waals surface area contributed by atoms with Crippen LogP contribution in [-0.2, 0) is 4.83 Å². The molecule has 0 unspecified atom stereocenters. The van der Waals surface area contributed by atoms with Gasteiger partial charge in [-0.25, -0.2) is 8.78 Å². The first-order valence-corrected chi connectivity index (χ1v) is 14.2. The van der Waals surface area contributed by atoms with E-state index in [2.05, 4.69) is 28.6 Å². The van der Waals surface area contributed by atoms with Crippen LogP contribution in [0.15, 0.2) is 24.8 Å². The molecule has 0 aliphatic heterocycles. The Morgan fingerprint density at radius 3 is 1.65 bits per heavy atom. The summed E-state index contributed by atoms with van der Waals surface area (Å²) in [6.07, 6.45) is 19.6. The summed E-state index contributed by atoms with van der Waals surface area (Å²) in [6.45, 7) is 3.96. The van der Waals surface area contributed by atoms with Crippen LogP contribution in [0.3, 0.4) is 0 Å². The Kier molecular flexibility index (Phi) is 8.85. The number of allylic oxidation sites excluding steroid dienone is 1. The Hall–Kier alpha value is -0.840. The van der Waals surface area contributed by atoms with Gasteiger partial charge in [0.1, 0.15) is 17.2 Å². The van der Waals surface area contributed by atoms with E-state index < -0.39 is 22.0 Å². The van der Waals surface area contributed by atoms with Crippen LogP contribution in [0.4, 0.5) is 17.6 Å². The van der Waals surface area contributed by atoms with Gasteiger partial charge in [-0.2, -0.15) is 8.78 Å². The van der Waals surface area contributed by atoms with E-state index in [4.69, 9.17) is 0 Å². The van der Waals surface area contributed by atoms with Gasteiger partial charge in [0.2, 0.25) is 0 Å². The van der Waals surface area contributed by atoms with E-state index in [1.54, 1.807) is 0 Å². The minimum atomic E-state index is -3.69. The van der Waals surface area contributed by atoms with Gasteiger partial charge >= 0.3 is 4.83 Å². The zero-order chi connectivity index (χ0) is 24.3. The summed E-state index contributed by atoms with van der Waals surface area (Å²) in [5, 5.41) is 0. The smallest absolute Gasteiger partial charge is 0.206 e. The van der Waals surface area contributed by atoms with Gasteiger partial charge in [0.15, 0.2) is 0 Å². The fourth-order valence-electron chi connectivity index (χ4n) is 7.16. The first-order valence-electron chi connectivity index (χ1n) is 13.4. The maximum atomic E-state index is 14.2. The highest BCUT2D eigenvalue weighted by molar-refractivity contribution is 9.09. The van der Waals surface area contributed by atoms with Gasteiger partial charge in [0.05, 0.1) is 0 Å². The topological polar surface area (TPSA) is 0 Å². The van der Waals surface area contributed by atoms with E-state index in [0.717, 1.165) is 61.5 Å². The highest BCUT2D eigenvalue weighted by Gasteiger charge is 2.36.